The first-order valence-corrected chi connectivity index (χ1v) is 14.3. The van der Waals surface area contributed by atoms with Crippen LogP contribution in [0.15, 0.2) is 53.0 Å². The number of piperazine rings is 1. The van der Waals surface area contributed by atoms with Crippen molar-refractivity contribution in [2.75, 3.05) is 32.7 Å². The molecule has 1 unspecified atom stereocenters. The smallest absolute Gasteiger partial charge is 0.410 e. The molecule has 1 heterocycles. The summed E-state index contributed by atoms with van der Waals surface area (Å²) in [7, 11) is 0. The quantitative estimate of drug-likeness (QED) is 0.418. The van der Waals surface area contributed by atoms with Gasteiger partial charge in [0.2, 0.25) is 0 Å². The van der Waals surface area contributed by atoms with Crippen LogP contribution in [0.2, 0.25) is 0 Å². The molecule has 2 fully saturated rings. The van der Waals surface area contributed by atoms with Crippen LogP contribution in [0.3, 0.4) is 0 Å². The van der Waals surface area contributed by atoms with Gasteiger partial charge in [0.25, 0.3) is 0 Å². The van der Waals surface area contributed by atoms with E-state index in [0.29, 0.717) is 19.7 Å². The number of nitrogens with zero attached hydrogens (tertiary/aromatic N) is 2. The summed E-state index contributed by atoms with van der Waals surface area (Å²) in [5.74, 6) is 0.785. The Bertz CT molecular complexity index is 1030. The molecular weight excluding hydrogens is 532 g/mol. The number of carbonyl (C=O) groups excluding carboxylic acids is 1. The van der Waals surface area contributed by atoms with Crippen LogP contribution in [0, 0.1) is 0 Å². The zero-order valence-electron chi connectivity index (χ0n) is 22.4. The maximum atomic E-state index is 12.5. The summed E-state index contributed by atoms with van der Waals surface area (Å²) >= 11 is 3.73. The number of aliphatic hydroxyl groups is 1. The van der Waals surface area contributed by atoms with Crippen molar-refractivity contribution in [1.29, 1.82) is 0 Å². The predicted octanol–water partition coefficient (Wildman–Crippen LogP) is 6.36. The summed E-state index contributed by atoms with van der Waals surface area (Å²) in [6, 6.07) is 16.4. The molecule has 0 spiro atoms. The van der Waals surface area contributed by atoms with Crippen LogP contribution in [0.1, 0.15) is 69.9 Å². The van der Waals surface area contributed by atoms with E-state index in [4.69, 9.17) is 9.47 Å². The van der Waals surface area contributed by atoms with E-state index in [-0.39, 0.29) is 12.0 Å². The predicted molar refractivity (Wildman–Crippen MR) is 150 cm³/mol. The molecule has 1 amide bonds. The van der Waals surface area contributed by atoms with Crippen LogP contribution in [0.5, 0.6) is 5.75 Å². The van der Waals surface area contributed by atoms with Gasteiger partial charge in [0, 0.05) is 38.6 Å². The highest BCUT2D eigenvalue weighted by Crippen LogP contribution is 2.42. The Labute approximate surface area is 230 Å². The molecule has 202 valence electrons. The maximum Gasteiger partial charge on any atom is 0.410 e. The Balaban J connectivity index is 1.45. The van der Waals surface area contributed by atoms with Gasteiger partial charge in [0.15, 0.2) is 0 Å². The molecule has 0 radical (unpaired) electrons. The summed E-state index contributed by atoms with van der Waals surface area (Å²) in [5, 5.41) is 11.8. The summed E-state index contributed by atoms with van der Waals surface area (Å²) in [6.07, 6.45) is 4.68. The second-order valence-corrected chi connectivity index (χ2v) is 12.3. The van der Waals surface area contributed by atoms with Gasteiger partial charge in [-0.25, -0.2) is 4.79 Å². The van der Waals surface area contributed by atoms with Gasteiger partial charge in [-0.3, -0.25) is 4.90 Å². The molecule has 37 heavy (non-hydrogen) atoms. The van der Waals surface area contributed by atoms with Gasteiger partial charge in [0.1, 0.15) is 18.0 Å². The molecule has 1 N–H and O–H groups in total. The third kappa shape index (κ3) is 7.71. The molecule has 0 bridgehead atoms. The second-order valence-electron chi connectivity index (χ2n) is 11.4. The molecule has 1 aliphatic carbocycles. The SMILES string of the molecule is CC(C)(C)OC(=O)N1CCN(CC(c2ccc(OCc3ccccc3)c(Br)c2)C2(O)CCCCC2)CC1. The maximum absolute atomic E-state index is 12.5. The minimum atomic E-state index is -0.730. The van der Waals surface area contributed by atoms with E-state index in [1.165, 1.54) is 6.42 Å². The summed E-state index contributed by atoms with van der Waals surface area (Å²) in [4.78, 5) is 16.7. The van der Waals surface area contributed by atoms with Gasteiger partial charge < -0.3 is 19.5 Å². The monoisotopic (exact) mass is 572 g/mol. The van der Waals surface area contributed by atoms with Crippen LogP contribution in [0.25, 0.3) is 0 Å². The van der Waals surface area contributed by atoms with Crippen LogP contribution >= 0.6 is 15.9 Å². The van der Waals surface area contributed by atoms with Gasteiger partial charge in [-0.1, -0.05) is 55.7 Å². The third-order valence-electron chi connectivity index (χ3n) is 7.43. The van der Waals surface area contributed by atoms with E-state index in [9.17, 15) is 9.90 Å². The minimum Gasteiger partial charge on any atom is -0.488 e. The average Bonchev–Trinajstić information content (AvgIpc) is 2.87. The van der Waals surface area contributed by atoms with Crippen molar-refractivity contribution in [2.45, 2.75) is 76.6 Å². The van der Waals surface area contributed by atoms with Crippen molar-refractivity contribution >= 4 is 22.0 Å². The van der Waals surface area contributed by atoms with Crippen molar-refractivity contribution < 1.29 is 19.4 Å². The highest BCUT2D eigenvalue weighted by molar-refractivity contribution is 9.10. The van der Waals surface area contributed by atoms with Crippen molar-refractivity contribution in [3.8, 4) is 5.75 Å². The molecule has 4 rings (SSSR count). The normalized spacial score (nSPS) is 19.3. The number of ether oxygens (including phenoxy) is 2. The largest absolute Gasteiger partial charge is 0.488 e. The van der Waals surface area contributed by atoms with E-state index in [2.05, 4.69) is 45.1 Å². The van der Waals surface area contributed by atoms with Crippen molar-refractivity contribution in [2.24, 2.45) is 0 Å². The molecule has 2 aliphatic rings. The number of amides is 1. The second kappa shape index (κ2) is 12.2. The fraction of sp³-hybridized carbons (Fsp3) is 0.567. The number of halogens is 1. The van der Waals surface area contributed by atoms with Gasteiger partial charge in [-0.05, 0) is 72.8 Å². The lowest BCUT2D eigenvalue weighted by Crippen LogP contribution is -2.52. The van der Waals surface area contributed by atoms with E-state index < -0.39 is 11.2 Å². The summed E-state index contributed by atoms with van der Waals surface area (Å²) in [5.41, 5.74) is 1.02. The van der Waals surface area contributed by atoms with E-state index in [1.54, 1.807) is 4.90 Å². The third-order valence-corrected chi connectivity index (χ3v) is 8.05. The highest BCUT2D eigenvalue weighted by atomic mass is 79.9. The van der Waals surface area contributed by atoms with E-state index in [1.807, 2.05) is 45.0 Å². The number of rotatable bonds is 7. The Hall–Kier alpha value is -2.09. The molecule has 6 nitrogen and oxygen atoms in total. The first kappa shape index (κ1) is 27.9. The lowest BCUT2D eigenvalue weighted by atomic mass is 9.72. The summed E-state index contributed by atoms with van der Waals surface area (Å²) < 4.78 is 12.5. The Morgan fingerprint density at radius 2 is 1.70 bits per heavy atom. The van der Waals surface area contributed by atoms with Crippen molar-refractivity contribution in [1.82, 2.24) is 9.80 Å². The first-order chi connectivity index (χ1) is 17.6. The van der Waals surface area contributed by atoms with Crippen molar-refractivity contribution in [3.63, 3.8) is 0 Å². The standard InChI is InChI=1S/C30H41BrN2O4/c1-29(2,3)37-28(34)33-18-16-32(17-19-33)21-25(30(35)14-8-5-9-15-30)24-12-13-27(26(31)20-24)36-22-23-10-6-4-7-11-23/h4,6-7,10-13,20,25,35H,5,8-9,14-19,21-22H2,1-3H3. The fourth-order valence-electron chi connectivity index (χ4n) is 5.38. The molecule has 1 saturated heterocycles. The Kier molecular flexibility index (Phi) is 9.20. The molecule has 0 aromatic heterocycles. The number of benzene rings is 2. The lowest BCUT2D eigenvalue weighted by molar-refractivity contribution is -0.0357. The molecular formula is C30H41BrN2O4. The highest BCUT2D eigenvalue weighted by Gasteiger charge is 2.40. The van der Waals surface area contributed by atoms with Crippen LogP contribution in [0.4, 0.5) is 4.79 Å². The Morgan fingerprint density at radius 3 is 2.32 bits per heavy atom. The van der Waals surface area contributed by atoms with Crippen LogP contribution < -0.4 is 4.74 Å². The van der Waals surface area contributed by atoms with Gasteiger partial charge in [0.05, 0.1) is 10.1 Å². The molecule has 2 aromatic carbocycles. The minimum absolute atomic E-state index is 0.0136. The fourth-order valence-corrected chi connectivity index (χ4v) is 5.89. The van der Waals surface area contributed by atoms with E-state index in [0.717, 1.165) is 66.7 Å². The molecule has 1 saturated carbocycles. The number of hydrogen-bond donors (Lipinski definition) is 1. The van der Waals surface area contributed by atoms with Crippen LogP contribution in [-0.4, -0.2) is 64.9 Å². The molecule has 7 heteroatoms. The van der Waals surface area contributed by atoms with Crippen molar-refractivity contribution in [3.05, 3.63) is 64.1 Å². The molecule has 1 aliphatic heterocycles. The van der Waals surface area contributed by atoms with Gasteiger partial charge >= 0.3 is 6.09 Å². The molecule has 1 atom stereocenters. The number of hydrogen-bond acceptors (Lipinski definition) is 5. The Morgan fingerprint density at radius 1 is 1.03 bits per heavy atom. The van der Waals surface area contributed by atoms with Gasteiger partial charge in [-0.2, -0.15) is 0 Å². The zero-order valence-corrected chi connectivity index (χ0v) is 24.0. The van der Waals surface area contributed by atoms with E-state index >= 15 is 0 Å². The first-order valence-electron chi connectivity index (χ1n) is 13.5. The topological polar surface area (TPSA) is 62.2 Å². The van der Waals surface area contributed by atoms with Crippen LogP contribution in [-0.2, 0) is 11.3 Å². The zero-order chi connectivity index (χ0) is 26.5. The number of carbonyl (C=O) groups is 1. The van der Waals surface area contributed by atoms with Gasteiger partial charge in [-0.15, -0.1) is 0 Å². The lowest BCUT2D eigenvalue weighted by Gasteiger charge is -2.43. The average molecular weight is 574 g/mol. The molecule has 2 aromatic rings. The summed E-state index contributed by atoms with van der Waals surface area (Å²) in [6.45, 7) is 9.76.